The molecule has 2 aliphatic rings. The van der Waals surface area contributed by atoms with Crippen LogP contribution in [0.3, 0.4) is 0 Å². The van der Waals surface area contributed by atoms with Crippen molar-refractivity contribution < 1.29 is 9.53 Å². The molecule has 0 N–H and O–H groups in total. The van der Waals surface area contributed by atoms with E-state index >= 15 is 0 Å². The predicted molar refractivity (Wildman–Crippen MR) is 109 cm³/mol. The molecule has 29 heavy (non-hydrogen) atoms. The van der Waals surface area contributed by atoms with E-state index in [0.29, 0.717) is 17.4 Å². The lowest BCUT2D eigenvalue weighted by atomic mass is 10.1. The average Bonchev–Trinajstić information content (AvgIpc) is 3.49. The molecule has 0 radical (unpaired) electrons. The summed E-state index contributed by atoms with van der Waals surface area (Å²) in [5.41, 5.74) is 2.48. The predicted octanol–water partition coefficient (Wildman–Crippen LogP) is 2.21. The Labute approximate surface area is 169 Å². The van der Waals surface area contributed by atoms with Crippen molar-refractivity contribution in [1.29, 1.82) is 0 Å². The first-order chi connectivity index (χ1) is 14.0. The number of rotatable bonds is 5. The van der Waals surface area contributed by atoms with E-state index in [1.165, 1.54) is 12.8 Å². The molecule has 0 atom stereocenters. The average molecular weight is 392 g/mol. The summed E-state index contributed by atoms with van der Waals surface area (Å²) in [6.45, 7) is 1.53. The van der Waals surface area contributed by atoms with E-state index in [4.69, 9.17) is 4.74 Å². The van der Waals surface area contributed by atoms with Gasteiger partial charge in [-0.3, -0.25) is 4.79 Å². The molecule has 1 aliphatic heterocycles. The minimum atomic E-state index is -0.00339. The number of carbonyl (C=O) groups excluding carboxylic acids is 1. The number of hydrogen-bond acceptors (Lipinski definition) is 6. The van der Waals surface area contributed by atoms with Crippen molar-refractivity contribution >= 4 is 22.6 Å². The monoisotopic (exact) mass is 392 g/mol. The first kappa shape index (κ1) is 17.9. The SMILES string of the molecule is COc1c2ccc(C(=O)N(C)C3CN(c4ccc(C5CC5)nn4)C3)cc2nn1C. The molecule has 8 heteroatoms. The van der Waals surface area contributed by atoms with Crippen LogP contribution in [0.2, 0.25) is 0 Å². The Hall–Kier alpha value is -3.16. The zero-order chi connectivity index (χ0) is 20.1. The molecule has 8 nitrogen and oxygen atoms in total. The Bertz CT molecular complexity index is 1070. The summed E-state index contributed by atoms with van der Waals surface area (Å²) >= 11 is 0. The molecule has 1 saturated heterocycles. The fourth-order valence-corrected chi connectivity index (χ4v) is 3.91. The molecule has 0 spiro atoms. The molecule has 5 rings (SSSR count). The van der Waals surface area contributed by atoms with Gasteiger partial charge in [0.15, 0.2) is 5.82 Å². The third-order valence-corrected chi connectivity index (χ3v) is 5.94. The molecular formula is C21H24N6O2. The highest BCUT2D eigenvalue weighted by atomic mass is 16.5. The summed E-state index contributed by atoms with van der Waals surface area (Å²) in [5.74, 6) is 2.18. The molecular weight excluding hydrogens is 368 g/mol. The number of methoxy groups -OCH3 is 1. The number of anilines is 1. The van der Waals surface area contributed by atoms with Crippen molar-refractivity contribution in [3.05, 3.63) is 41.6 Å². The zero-order valence-corrected chi connectivity index (χ0v) is 16.9. The second-order valence-corrected chi connectivity index (χ2v) is 7.93. The summed E-state index contributed by atoms with van der Waals surface area (Å²) in [4.78, 5) is 16.9. The van der Waals surface area contributed by atoms with Crippen LogP contribution in [0.5, 0.6) is 5.88 Å². The smallest absolute Gasteiger partial charge is 0.254 e. The summed E-state index contributed by atoms with van der Waals surface area (Å²) in [7, 11) is 5.31. The number of carbonyl (C=O) groups is 1. The fraction of sp³-hybridized carbons (Fsp3) is 0.429. The number of fused-ring (bicyclic) bond motifs is 1. The zero-order valence-electron chi connectivity index (χ0n) is 16.9. The highest BCUT2D eigenvalue weighted by molar-refractivity contribution is 5.99. The number of nitrogens with zero attached hydrogens (tertiary/aromatic N) is 6. The topological polar surface area (TPSA) is 76.4 Å². The van der Waals surface area contributed by atoms with E-state index < -0.39 is 0 Å². The van der Waals surface area contributed by atoms with Gasteiger partial charge in [-0.2, -0.15) is 10.2 Å². The van der Waals surface area contributed by atoms with Gasteiger partial charge in [0.25, 0.3) is 5.91 Å². The molecule has 1 saturated carbocycles. The number of amides is 1. The summed E-state index contributed by atoms with van der Waals surface area (Å²) in [5, 5.41) is 14.1. The normalized spacial score (nSPS) is 16.7. The van der Waals surface area contributed by atoms with Crippen molar-refractivity contribution in [2.24, 2.45) is 7.05 Å². The number of likely N-dealkylation sites (N-methyl/N-ethyl adjacent to an activating group) is 1. The van der Waals surface area contributed by atoms with Crippen LogP contribution < -0.4 is 9.64 Å². The maximum Gasteiger partial charge on any atom is 0.254 e. The molecule has 0 unspecified atom stereocenters. The second kappa shape index (κ2) is 6.72. The third-order valence-electron chi connectivity index (χ3n) is 5.94. The fourth-order valence-electron chi connectivity index (χ4n) is 3.91. The van der Waals surface area contributed by atoms with Crippen LogP contribution in [0.25, 0.3) is 10.9 Å². The largest absolute Gasteiger partial charge is 0.481 e. The maximum atomic E-state index is 13.0. The maximum absolute atomic E-state index is 13.0. The molecule has 0 bridgehead atoms. The lowest BCUT2D eigenvalue weighted by molar-refractivity contribution is 0.0705. The van der Waals surface area contributed by atoms with Gasteiger partial charge in [0.1, 0.15) is 0 Å². The van der Waals surface area contributed by atoms with E-state index in [2.05, 4.69) is 26.3 Å². The molecule has 2 aromatic heterocycles. The quantitative estimate of drug-likeness (QED) is 0.663. The number of hydrogen-bond donors (Lipinski definition) is 0. The lowest BCUT2D eigenvalue weighted by Gasteiger charge is -2.44. The van der Waals surface area contributed by atoms with E-state index in [0.717, 1.165) is 35.5 Å². The highest BCUT2D eigenvalue weighted by Crippen LogP contribution is 2.39. The van der Waals surface area contributed by atoms with Gasteiger partial charge in [-0.15, -0.1) is 5.10 Å². The van der Waals surface area contributed by atoms with E-state index in [1.54, 1.807) is 11.8 Å². The number of aryl methyl sites for hydroxylation is 1. The Morgan fingerprint density at radius 2 is 1.97 bits per heavy atom. The Morgan fingerprint density at radius 1 is 1.17 bits per heavy atom. The van der Waals surface area contributed by atoms with Gasteiger partial charge in [-0.25, -0.2) is 4.68 Å². The Morgan fingerprint density at radius 3 is 2.62 bits per heavy atom. The van der Waals surface area contributed by atoms with Gasteiger partial charge in [0, 0.05) is 38.7 Å². The van der Waals surface area contributed by atoms with Crippen LogP contribution in [-0.4, -0.2) is 64.1 Å². The van der Waals surface area contributed by atoms with Crippen molar-refractivity contribution in [2.45, 2.75) is 24.8 Å². The molecule has 3 heterocycles. The standard InChI is InChI=1S/C21H24N6O2/c1-25(15-11-27(12-15)19-9-8-17(22-23-19)13-4-5-13)20(28)14-6-7-16-18(10-14)24-26(2)21(16)29-3/h6-10,13,15H,4-5,11-12H2,1-3H3. The minimum absolute atomic E-state index is 0.00339. The summed E-state index contributed by atoms with van der Waals surface area (Å²) in [6.07, 6.45) is 2.45. The van der Waals surface area contributed by atoms with Gasteiger partial charge < -0.3 is 14.5 Å². The van der Waals surface area contributed by atoms with Crippen LogP contribution in [0.4, 0.5) is 5.82 Å². The number of benzene rings is 1. The van der Waals surface area contributed by atoms with Gasteiger partial charge in [0.2, 0.25) is 5.88 Å². The van der Waals surface area contributed by atoms with Gasteiger partial charge in [-0.1, -0.05) is 0 Å². The molecule has 150 valence electrons. The van der Waals surface area contributed by atoms with Crippen LogP contribution >= 0.6 is 0 Å². The Kier molecular flexibility index (Phi) is 4.15. The van der Waals surface area contributed by atoms with Gasteiger partial charge >= 0.3 is 0 Å². The van der Waals surface area contributed by atoms with Crippen molar-refractivity contribution in [3.8, 4) is 5.88 Å². The molecule has 2 fully saturated rings. The van der Waals surface area contributed by atoms with Crippen LogP contribution in [0.1, 0.15) is 34.8 Å². The summed E-state index contributed by atoms with van der Waals surface area (Å²) in [6, 6.07) is 9.84. The number of ether oxygens (including phenoxy) is 1. The molecule has 1 aliphatic carbocycles. The highest BCUT2D eigenvalue weighted by Gasteiger charge is 2.34. The van der Waals surface area contributed by atoms with Crippen LogP contribution in [0, 0.1) is 0 Å². The van der Waals surface area contributed by atoms with Gasteiger partial charge in [0.05, 0.1) is 29.7 Å². The lowest BCUT2D eigenvalue weighted by Crippen LogP contribution is -2.60. The van der Waals surface area contributed by atoms with Crippen LogP contribution in [-0.2, 0) is 7.05 Å². The minimum Gasteiger partial charge on any atom is -0.481 e. The van der Waals surface area contributed by atoms with Crippen LogP contribution in [0.15, 0.2) is 30.3 Å². The van der Waals surface area contributed by atoms with E-state index in [-0.39, 0.29) is 11.9 Å². The second-order valence-electron chi connectivity index (χ2n) is 7.93. The van der Waals surface area contributed by atoms with E-state index in [1.807, 2.05) is 43.3 Å². The van der Waals surface area contributed by atoms with Crippen molar-refractivity contribution in [3.63, 3.8) is 0 Å². The first-order valence-electron chi connectivity index (χ1n) is 9.91. The first-order valence-corrected chi connectivity index (χ1v) is 9.91. The molecule has 1 aromatic carbocycles. The Balaban J connectivity index is 1.25. The van der Waals surface area contributed by atoms with E-state index in [9.17, 15) is 4.79 Å². The molecule has 1 amide bonds. The third kappa shape index (κ3) is 3.08. The number of aromatic nitrogens is 4. The van der Waals surface area contributed by atoms with Crippen molar-refractivity contribution in [1.82, 2.24) is 24.9 Å². The van der Waals surface area contributed by atoms with Crippen molar-refractivity contribution in [2.75, 3.05) is 32.1 Å². The molecule has 3 aromatic rings. The van der Waals surface area contributed by atoms with Gasteiger partial charge in [-0.05, 0) is 43.2 Å². The summed E-state index contributed by atoms with van der Waals surface area (Å²) < 4.78 is 7.06.